The molecule has 1 aliphatic carbocycles. The molecule has 1 heterocycles. The van der Waals surface area contributed by atoms with Crippen molar-refractivity contribution in [1.29, 1.82) is 0 Å². The molecule has 1 saturated carbocycles. The number of hydrogen-bond acceptors (Lipinski definition) is 6. The van der Waals surface area contributed by atoms with Crippen LogP contribution in [0.5, 0.6) is 11.5 Å². The lowest BCUT2D eigenvalue weighted by Crippen LogP contribution is -2.28. The molecule has 8 heteroatoms. The van der Waals surface area contributed by atoms with Crippen LogP contribution < -0.4 is 9.47 Å². The summed E-state index contributed by atoms with van der Waals surface area (Å²) in [6, 6.07) is 12.9. The summed E-state index contributed by atoms with van der Waals surface area (Å²) in [4.78, 5) is 12.3. The van der Waals surface area contributed by atoms with E-state index < -0.39 is 32.4 Å². The summed E-state index contributed by atoms with van der Waals surface area (Å²) in [6.45, 7) is -0.129. The largest absolute Gasteiger partial charge is 0.481 e. The summed E-state index contributed by atoms with van der Waals surface area (Å²) >= 11 is 0. The first kappa shape index (κ1) is 17.8. The van der Waals surface area contributed by atoms with Crippen molar-refractivity contribution in [2.24, 2.45) is 5.41 Å². The van der Waals surface area contributed by atoms with Gasteiger partial charge in [-0.05, 0) is 29.8 Å². The smallest absolute Gasteiger partial charge is 0.314 e. The van der Waals surface area contributed by atoms with Crippen molar-refractivity contribution in [3.63, 3.8) is 0 Å². The molecule has 1 aliphatic heterocycles. The molecular formula is C19H18O7S. The van der Waals surface area contributed by atoms with E-state index in [0.29, 0.717) is 17.1 Å². The summed E-state index contributed by atoms with van der Waals surface area (Å²) in [6.07, 6.45) is 0. The van der Waals surface area contributed by atoms with Crippen LogP contribution in [-0.2, 0) is 19.4 Å². The molecule has 0 radical (unpaired) electrons. The van der Waals surface area contributed by atoms with E-state index in [0.717, 1.165) is 0 Å². The maximum Gasteiger partial charge on any atom is 0.314 e. The molecule has 1 N–H and O–H groups in total. The molecule has 4 rings (SSSR count). The van der Waals surface area contributed by atoms with Crippen molar-refractivity contribution < 1.29 is 32.5 Å². The fraction of sp³-hybridized carbons (Fsp3) is 0.316. The molecule has 0 spiro atoms. The van der Waals surface area contributed by atoms with Gasteiger partial charge in [0, 0.05) is 13.0 Å². The number of hydrogen-bond donors (Lipinski definition) is 1. The topological polar surface area (TPSA) is 99.1 Å². The number of carbonyl (C=O) groups is 1. The SMILES string of the molecule is COCC1(C(=O)O)C(c2ccc3c(c2)OCO3)C1S(=O)(=O)c1ccccc1. The van der Waals surface area contributed by atoms with Crippen molar-refractivity contribution in [3.8, 4) is 11.5 Å². The van der Waals surface area contributed by atoms with Gasteiger partial charge in [-0.3, -0.25) is 4.79 Å². The molecule has 3 atom stereocenters. The normalized spacial score (nSPS) is 26.0. The highest BCUT2D eigenvalue weighted by atomic mass is 32.2. The Kier molecular flexibility index (Phi) is 4.12. The number of aliphatic carboxylic acids is 1. The summed E-state index contributed by atoms with van der Waals surface area (Å²) in [5.74, 6) is -0.923. The van der Waals surface area contributed by atoms with E-state index in [-0.39, 0.29) is 18.3 Å². The van der Waals surface area contributed by atoms with Crippen LogP contribution in [0, 0.1) is 5.41 Å². The Balaban J connectivity index is 1.82. The third kappa shape index (κ3) is 2.59. The van der Waals surface area contributed by atoms with Crippen LogP contribution in [0.15, 0.2) is 53.4 Å². The number of carboxylic acid groups (broad SMARTS) is 1. The fourth-order valence-electron chi connectivity index (χ4n) is 3.92. The molecule has 142 valence electrons. The Hall–Kier alpha value is -2.58. The molecular weight excluding hydrogens is 372 g/mol. The molecule has 0 amide bonds. The van der Waals surface area contributed by atoms with Crippen molar-refractivity contribution >= 4 is 15.8 Å². The van der Waals surface area contributed by atoms with Gasteiger partial charge in [-0.25, -0.2) is 8.42 Å². The Morgan fingerprint density at radius 1 is 1.19 bits per heavy atom. The van der Waals surface area contributed by atoms with Gasteiger partial charge in [0.1, 0.15) is 5.41 Å². The average Bonchev–Trinajstić information content (AvgIpc) is 3.13. The number of methoxy groups -OCH3 is 1. The minimum absolute atomic E-state index is 0.0807. The maximum atomic E-state index is 13.2. The first-order chi connectivity index (χ1) is 12.9. The summed E-state index contributed by atoms with van der Waals surface area (Å²) in [5.41, 5.74) is -0.986. The van der Waals surface area contributed by atoms with Gasteiger partial charge in [-0.15, -0.1) is 0 Å². The van der Waals surface area contributed by atoms with Crippen LogP contribution in [-0.4, -0.2) is 45.3 Å². The number of rotatable bonds is 6. The lowest BCUT2D eigenvalue weighted by atomic mass is 9.99. The van der Waals surface area contributed by atoms with Gasteiger partial charge < -0.3 is 19.3 Å². The number of ether oxygens (including phenoxy) is 3. The van der Waals surface area contributed by atoms with Crippen molar-refractivity contribution in [3.05, 3.63) is 54.1 Å². The number of sulfone groups is 1. The number of fused-ring (bicyclic) bond motifs is 1. The van der Waals surface area contributed by atoms with Gasteiger partial charge in [-0.1, -0.05) is 24.3 Å². The molecule has 7 nitrogen and oxygen atoms in total. The van der Waals surface area contributed by atoms with E-state index in [1.807, 2.05) is 0 Å². The molecule has 0 saturated heterocycles. The molecule has 2 aliphatic rings. The molecule has 0 aromatic heterocycles. The Bertz CT molecular complexity index is 986. The van der Waals surface area contributed by atoms with Gasteiger partial charge in [0.25, 0.3) is 0 Å². The second-order valence-corrected chi connectivity index (χ2v) is 8.72. The van der Waals surface area contributed by atoms with Crippen LogP contribution in [0.3, 0.4) is 0 Å². The minimum Gasteiger partial charge on any atom is -0.481 e. The van der Waals surface area contributed by atoms with Gasteiger partial charge in [-0.2, -0.15) is 0 Å². The first-order valence-corrected chi connectivity index (χ1v) is 9.88. The Labute approximate surface area is 156 Å². The van der Waals surface area contributed by atoms with Crippen molar-refractivity contribution in [2.75, 3.05) is 20.5 Å². The summed E-state index contributed by atoms with van der Waals surface area (Å²) in [7, 11) is -2.52. The summed E-state index contributed by atoms with van der Waals surface area (Å²) < 4.78 is 42.2. The van der Waals surface area contributed by atoms with Crippen LogP contribution in [0.25, 0.3) is 0 Å². The van der Waals surface area contributed by atoms with Crippen molar-refractivity contribution in [2.45, 2.75) is 16.1 Å². The number of carboxylic acids is 1. The Morgan fingerprint density at radius 2 is 1.89 bits per heavy atom. The van der Waals surface area contributed by atoms with Crippen molar-refractivity contribution in [1.82, 2.24) is 0 Å². The van der Waals surface area contributed by atoms with Crippen LogP contribution in [0.4, 0.5) is 0 Å². The second-order valence-electron chi connectivity index (χ2n) is 6.65. The quantitative estimate of drug-likeness (QED) is 0.806. The third-order valence-corrected chi connectivity index (χ3v) is 7.49. The zero-order valence-electron chi connectivity index (χ0n) is 14.5. The summed E-state index contributed by atoms with van der Waals surface area (Å²) in [5, 5.41) is 8.81. The van der Waals surface area contributed by atoms with Gasteiger partial charge in [0.15, 0.2) is 21.3 Å². The lowest BCUT2D eigenvalue weighted by Gasteiger charge is -2.12. The molecule has 1 fully saturated rings. The Morgan fingerprint density at radius 3 is 2.56 bits per heavy atom. The molecule has 2 aromatic carbocycles. The first-order valence-electron chi connectivity index (χ1n) is 8.34. The highest BCUT2D eigenvalue weighted by molar-refractivity contribution is 7.92. The number of benzene rings is 2. The van der Waals surface area contributed by atoms with E-state index in [1.54, 1.807) is 36.4 Å². The predicted molar refractivity (Wildman–Crippen MR) is 94.7 cm³/mol. The zero-order valence-corrected chi connectivity index (χ0v) is 15.3. The van der Waals surface area contributed by atoms with Gasteiger partial charge in [0.05, 0.1) is 16.8 Å². The van der Waals surface area contributed by atoms with Gasteiger partial charge >= 0.3 is 5.97 Å². The zero-order chi connectivity index (χ0) is 19.2. The van der Waals surface area contributed by atoms with Crippen LogP contribution >= 0.6 is 0 Å². The molecule has 3 unspecified atom stereocenters. The minimum atomic E-state index is -3.88. The highest BCUT2D eigenvalue weighted by Gasteiger charge is 2.76. The molecule has 0 bridgehead atoms. The van der Waals surface area contributed by atoms with E-state index in [9.17, 15) is 18.3 Å². The van der Waals surface area contributed by atoms with E-state index in [1.165, 1.54) is 19.2 Å². The third-order valence-electron chi connectivity index (χ3n) is 5.20. The lowest BCUT2D eigenvalue weighted by molar-refractivity contribution is -0.145. The predicted octanol–water partition coefficient (Wildman–Crippen LogP) is 2.07. The standard InChI is InChI=1S/C19H18O7S/c1-24-10-19(18(20)21)16(12-7-8-14-15(9-12)26-11-25-14)17(19)27(22,23)13-5-3-2-4-6-13/h2-9,16-17H,10-11H2,1H3,(H,20,21). The van der Waals surface area contributed by atoms with Crippen LogP contribution in [0.2, 0.25) is 0 Å². The monoisotopic (exact) mass is 390 g/mol. The van der Waals surface area contributed by atoms with E-state index >= 15 is 0 Å². The van der Waals surface area contributed by atoms with E-state index in [4.69, 9.17) is 14.2 Å². The second kappa shape index (κ2) is 6.24. The van der Waals surface area contributed by atoms with Crippen LogP contribution in [0.1, 0.15) is 11.5 Å². The molecule has 27 heavy (non-hydrogen) atoms. The van der Waals surface area contributed by atoms with Gasteiger partial charge in [0.2, 0.25) is 6.79 Å². The highest BCUT2D eigenvalue weighted by Crippen LogP contribution is 2.65. The molecule has 2 aromatic rings. The maximum absolute atomic E-state index is 13.2. The fourth-order valence-corrected chi connectivity index (χ4v) is 6.30. The van der Waals surface area contributed by atoms with E-state index in [2.05, 4.69) is 0 Å². The average molecular weight is 390 g/mol.